The molecule has 0 fully saturated rings. The van der Waals surface area contributed by atoms with Crippen molar-refractivity contribution in [3.05, 3.63) is 78.4 Å². The maximum atomic E-state index is 13.6. The van der Waals surface area contributed by atoms with Gasteiger partial charge in [0.05, 0.1) is 16.2 Å². The number of rotatable bonds is 3. The van der Waals surface area contributed by atoms with Gasteiger partial charge in [-0.25, -0.2) is 8.42 Å². The van der Waals surface area contributed by atoms with Crippen LogP contribution in [0.4, 0.5) is 18.9 Å². The smallest absolute Gasteiger partial charge is 0.398 e. The predicted molar refractivity (Wildman–Crippen MR) is 110 cm³/mol. The molecule has 0 aliphatic rings. The number of aryl methyl sites for hydroxylation is 1. The van der Waals surface area contributed by atoms with Gasteiger partial charge in [-0.1, -0.05) is 48.5 Å². The molecule has 4 rings (SSSR count). The number of anilines is 1. The monoisotopic (exact) mass is 430 g/mol. The summed E-state index contributed by atoms with van der Waals surface area (Å²) in [6.07, 6.45) is -4.77. The molecular weight excluding hydrogens is 413 g/mol. The van der Waals surface area contributed by atoms with Gasteiger partial charge in [-0.15, -0.1) is 0 Å². The summed E-state index contributed by atoms with van der Waals surface area (Å²) in [5.74, 6) is 0. The van der Waals surface area contributed by atoms with Crippen molar-refractivity contribution in [2.24, 2.45) is 7.05 Å². The molecule has 1 heterocycles. The Balaban J connectivity index is 2.07. The highest BCUT2D eigenvalue weighted by atomic mass is 32.2. The summed E-state index contributed by atoms with van der Waals surface area (Å²) in [7, 11) is -2.57. The SMILES string of the molecule is Cn1c(-c2ccccc2)c(S(=O)(=O)c2ccc(N)c(C(F)(F)F)c2)c2ccccc21. The van der Waals surface area contributed by atoms with Crippen LogP contribution >= 0.6 is 0 Å². The van der Waals surface area contributed by atoms with Crippen molar-refractivity contribution in [3.63, 3.8) is 0 Å². The molecule has 154 valence electrons. The summed E-state index contributed by atoms with van der Waals surface area (Å²) in [5, 5.41) is 0.434. The summed E-state index contributed by atoms with van der Waals surface area (Å²) in [6.45, 7) is 0. The molecule has 0 spiro atoms. The molecule has 0 saturated heterocycles. The van der Waals surface area contributed by atoms with Crippen molar-refractivity contribution < 1.29 is 21.6 Å². The van der Waals surface area contributed by atoms with Gasteiger partial charge in [0.2, 0.25) is 9.84 Å². The van der Waals surface area contributed by atoms with Crippen molar-refractivity contribution in [1.29, 1.82) is 0 Å². The maximum absolute atomic E-state index is 13.6. The summed E-state index contributed by atoms with van der Waals surface area (Å²) in [6, 6.07) is 18.4. The number of halogens is 3. The Kier molecular flexibility index (Phi) is 4.62. The van der Waals surface area contributed by atoms with Gasteiger partial charge in [0.25, 0.3) is 0 Å². The third kappa shape index (κ3) is 3.13. The molecule has 0 atom stereocenters. The Labute approximate surface area is 171 Å². The number of sulfone groups is 1. The molecule has 3 aromatic carbocycles. The minimum Gasteiger partial charge on any atom is -0.398 e. The van der Waals surface area contributed by atoms with Crippen LogP contribution in [0.1, 0.15) is 5.56 Å². The van der Waals surface area contributed by atoms with Gasteiger partial charge in [0.15, 0.2) is 0 Å². The van der Waals surface area contributed by atoms with Crippen LogP contribution < -0.4 is 5.73 Å². The predicted octanol–water partition coefficient (Wildman–Crippen LogP) is 5.28. The number of aromatic nitrogens is 1. The van der Waals surface area contributed by atoms with E-state index in [0.29, 0.717) is 28.2 Å². The topological polar surface area (TPSA) is 65.1 Å². The first-order valence-electron chi connectivity index (χ1n) is 8.97. The first-order chi connectivity index (χ1) is 14.1. The van der Waals surface area contributed by atoms with Gasteiger partial charge in [-0.3, -0.25) is 0 Å². The normalized spacial score (nSPS) is 12.4. The number of alkyl halides is 3. The van der Waals surface area contributed by atoms with E-state index in [0.717, 1.165) is 12.1 Å². The number of benzene rings is 3. The largest absolute Gasteiger partial charge is 0.418 e. The number of hydrogen-bond donors (Lipinski definition) is 1. The van der Waals surface area contributed by atoms with Gasteiger partial charge in [0.1, 0.15) is 4.90 Å². The number of nitrogens with two attached hydrogens (primary N) is 1. The molecule has 0 aliphatic carbocycles. The first-order valence-corrected chi connectivity index (χ1v) is 10.5. The van der Waals surface area contributed by atoms with E-state index >= 15 is 0 Å². The van der Waals surface area contributed by atoms with E-state index in [4.69, 9.17) is 5.73 Å². The van der Waals surface area contributed by atoms with Crippen LogP contribution in [0.25, 0.3) is 22.2 Å². The van der Waals surface area contributed by atoms with Crippen LogP contribution in [0.5, 0.6) is 0 Å². The minimum atomic E-state index is -4.77. The van der Waals surface area contributed by atoms with E-state index < -0.39 is 32.2 Å². The number of nitrogens with zero attached hydrogens (tertiary/aromatic N) is 1. The number of hydrogen-bond acceptors (Lipinski definition) is 3. The van der Waals surface area contributed by atoms with Crippen molar-refractivity contribution >= 4 is 26.4 Å². The second-order valence-corrected chi connectivity index (χ2v) is 8.76. The highest BCUT2D eigenvalue weighted by Crippen LogP contribution is 2.41. The Morgan fingerprint density at radius 3 is 2.20 bits per heavy atom. The Morgan fingerprint density at radius 1 is 0.900 bits per heavy atom. The van der Waals surface area contributed by atoms with Gasteiger partial charge in [0, 0.05) is 23.6 Å². The fourth-order valence-corrected chi connectivity index (χ4v) is 5.34. The lowest BCUT2D eigenvalue weighted by molar-refractivity contribution is -0.137. The van der Waals surface area contributed by atoms with Crippen LogP contribution in [0.15, 0.2) is 82.6 Å². The number of fused-ring (bicyclic) bond motifs is 1. The fraction of sp³-hybridized carbons (Fsp3) is 0.0909. The van der Waals surface area contributed by atoms with Crippen molar-refractivity contribution in [1.82, 2.24) is 4.57 Å². The lowest BCUT2D eigenvalue weighted by atomic mass is 10.1. The first kappa shape index (κ1) is 20.0. The molecule has 0 amide bonds. The second-order valence-electron chi connectivity index (χ2n) is 6.87. The number of nitrogen functional groups attached to an aromatic ring is 1. The van der Waals surface area contributed by atoms with E-state index in [1.54, 1.807) is 66.2 Å². The van der Waals surface area contributed by atoms with Gasteiger partial charge in [-0.2, -0.15) is 13.2 Å². The van der Waals surface area contributed by atoms with E-state index in [1.807, 2.05) is 0 Å². The highest BCUT2D eigenvalue weighted by Gasteiger charge is 2.36. The molecule has 2 N–H and O–H groups in total. The van der Waals surface area contributed by atoms with Gasteiger partial charge < -0.3 is 10.3 Å². The Hall–Kier alpha value is -3.26. The minimum absolute atomic E-state index is 0.0373. The standard InChI is InChI=1S/C22H17F3N2O2S/c1-27-19-10-6-5-9-16(19)21(20(27)14-7-3-2-4-8-14)30(28,29)15-11-12-18(26)17(13-15)22(23,24)25/h2-13H,26H2,1H3. The molecule has 0 saturated carbocycles. The van der Waals surface area contributed by atoms with Crippen LogP contribution in [0, 0.1) is 0 Å². The third-order valence-electron chi connectivity index (χ3n) is 5.02. The van der Waals surface area contributed by atoms with Gasteiger partial charge in [-0.05, 0) is 29.8 Å². The molecule has 8 heteroatoms. The number of para-hydroxylation sites is 1. The zero-order chi connectivity index (χ0) is 21.7. The van der Waals surface area contributed by atoms with E-state index in [1.165, 1.54) is 0 Å². The molecule has 0 unspecified atom stereocenters. The quantitative estimate of drug-likeness (QED) is 0.450. The average Bonchev–Trinajstić information content (AvgIpc) is 3.01. The maximum Gasteiger partial charge on any atom is 0.418 e. The zero-order valence-electron chi connectivity index (χ0n) is 15.8. The summed E-state index contributed by atoms with van der Waals surface area (Å²) >= 11 is 0. The van der Waals surface area contributed by atoms with Crippen LogP contribution in [0.3, 0.4) is 0 Å². The Bertz CT molecular complexity index is 1360. The molecule has 0 radical (unpaired) electrons. The van der Waals surface area contributed by atoms with Crippen molar-refractivity contribution in [2.75, 3.05) is 5.73 Å². The molecule has 4 aromatic rings. The Morgan fingerprint density at radius 2 is 1.53 bits per heavy atom. The summed E-state index contributed by atoms with van der Waals surface area (Å²) in [4.78, 5) is -0.498. The third-order valence-corrected chi connectivity index (χ3v) is 6.84. The summed E-state index contributed by atoms with van der Waals surface area (Å²) in [5.41, 5.74) is 5.45. The van der Waals surface area contributed by atoms with Crippen LogP contribution in [-0.4, -0.2) is 13.0 Å². The molecular formula is C22H17F3N2O2S. The lowest BCUT2D eigenvalue weighted by Crippen LogP contribution is -2.12. The van der Waals surface area contributed by atoms with E-state index in [2.05, 4.69) is 0 Å². The lowest BCUT2D eigenvalue weighted by Gasteiger charge is -2.13. The fourth-order valence-electron chi connectivity index (χ4n) is 3.62. The van der Waals surface area contributed by atoms with E-state index in [-0.39, 0.29) is 4.90 Å². The average molecular weight is 430 g/mol. The van der Waals surface area contributed by atoms with Crippen LogP contribution in [-0.2, 0) is 23.1 Å². The molecule has 4 nitrogen and oxygen atoms in total. The van der Waals surface area contributed by atoms with E-state index in [9.17, 15) is 21.6 Å². The molecule has 0 bridgehead atoms. The summed E-state index contributed by atoms with van der Waals surface area (Å²) < 4.78 is 69.0. The van der Waals surface area contributed by atoms with Gasteiger partial charge >= 0.3 is 6.18 Å². The molecule has 0 aliphatic heterocycles. The zero-order valence-corrected chi connectivity index (χ0v) is 16.6. The molecule has 1 aromatic heterocycles. The van der Waals surface area contributed by atoms with Crippen molar-refractivity contribution in [3.8, 4) is 11.3 Å². The highest BCUT2D eigenvalue weighted by molar-refractivity contribution is 7.91. The van der Waals surface area contributed by atoms with Crippen LogP contribution in [0.2, 0.25) is 0 Å². The van der Waals surface area contributed by atoms with Crippen molar-refractivity contribution in [2.45, 2.75) is 16.0 Å². The molecule has 30 heavy (non-hydrogen) atoms. The second kappa shape index (κ2) is 6.91.